The molecular weight excluding hydrogens is 354 g/mol. The molecule has 6 heteroatoms. The zero-order valence-corrected chi connectivity index (χ0v) is 16.1. The van der Waals surface area contributed by atoms with Crippen LogP contribution in [-0.4, -0.2) is 21.8 Å². The Hall–Kier alpha value is -3.12. The second-order valence-corrected chi connectivity index (χ2v) is 6.54. The lowest BCUT2D eigenvalue weighted by Crippen LogP contribution is -2.26. The minimum Gasteiger partial charge on any atom is -0.497 e. The van der Waals surface area contributed by atoms with E-state index in [2.05, 4.69) is 4.98 Å². The Kier molecular flexibility index (Phi) is 6.11. The van der Waals surface area contributed by atoms with Crippen LogP contribution in [0.3, 0.4) is 0 Å². The van der Waals surface area contributed by atoms with Crippen molar-refractivity contribution in [3.63, 3.8) is 0 Å². The highest BCUT2D eigenvalue weighted by atomic mass is 16.5. The van der Waals surface area contributed by atoms with E-state index in [1.807, 2.05) is 31.2 Å². The molecule has 0 spiro atoms. The molecule has 1 unspecified atom stereocenters. The van der Waals surface area contributed by atoms with Crippen LogP contribution in [0.5, 0.6) is 5.75 Å². The van der Waals surface area contributed by atoms with E-state index in [0.29, 0.717) is 29.4 Å². The summed E-state index contributed by atoms with van der Waals surface area (Å²) in [7, 11) is 1.64. The Balaban J connectivity index is 1.94. The fourth-order valence-electron chi connectivity index (χ4n) is 3.22. The Labute approximate surface area is 163 Å². The van der Waals surface area contributed by atoms with Gasteiger partial charge in [-0.15, -0.1) is 0 Å². The minimum atomic E-state index is -0.821. The molecule has 0 bridgehead atoms. The van der Waals surface area contributed by atoms with Gasteiger partial charge in [-0.05, 0) is 54.1 Å². The summed E-state index contributed by atoms with van der Waals surface area (Å²) in [6.45, 7) is 2.53. The first kappa shape index (κ1) is 19.6. The smallest absolute Gasteiger partial charge is 0.261 e. The van der Waals surface area contributed by atoms with Crippen molar-refractivity contribution in [3.05, 3.63) is 82.0 Å². The Morgan fingerprint density at radius 3 is 2.64 bits per heavy atom. The Morgan fingerprint density at radius 2 is 2.00 bits per heavy atom. The van der Waals surface area contributed by atoms with Crippen LogP contribution in [0.1, 0.15) is 30.0 Å². The van der Waals surface area contributed by atoms with Gasteiger partial charge in [0.2, 0.25) is 0 Å². The maximum absolute atomic E-state index is 13.0. The predicted octanol–water partition coefficient (Wildman–Crippen LogP) is 2.72. The molecule has 1 atom stereocenters. The molecule has 28 heavy (non-hydrogen) atoms. The second-order valence-electron chi connectivity index (χ2n) is 6.54. The van der Waals surface area contributed by atoms with E-state index in [-0.39, 0.29) is 5.56 Å². The van der Waals surface area contributed by atoms with Crippen molar-refractivity contribution in [3.8, 4) is 5.75 Å². The van der Waals surface area contributed by atoms with E-state index in [1.54, 1.807) is 29.9 Å². The Bertz CT molecular complexity index is 1040. The molecule has 0 saturated heterocycles. The lowest BCUT2D eigenvalue weighted by atomic mass is 10.1. The lowest BCUT2D eigenvalue weighted by Gasteiger charge is -2.14. The highest BCUT2D eigenvalue weighted by Gasteiger charge is 2.12. The molecule has 0 aliphatic rings. The highest BCUT2D eigenvalue weighted by Crippen LogP contribution is 2.19. The molecular formula is C22H25N3O3. The predicted molar refractivity (Wildman–Crippen MR) is 110 cm³/mol. The summed E-state index contributed by atoms with van der Waals surface area (Å²) in [6.07, 6.45) is 3.33. The molecule has 0 saturated carbocycles. The van der Waals surface area contributed by atoms with Crippen LogP contribution in [0.25, 0.3) is 10.9 Å². The summed E-state index contributed by atoms with van der Waals surface area (Å²) in [5, 5.41) is 10.6. The van der Waals surface area contributed by atoms with Crippen LogP contribution < -0.4 is 16.0 Å². The quantitative estimate of drug-likeness (QED) is 0.659. The van der Waals surface area contributed by atoms with Crippen LogP contribution >= 0.6 is 0 Å². The number of hydrogen-bond acceptors (Lipinski definition) is 5. The van der Waals surface area contributed by atoms with Crippen molar-refractivity contribution in [2.45, 2.75) is 32.4 Å². The van der Waals surface area contributed by atoms with Gasteiger partial charge >= 0.3 is 0 Å². The van der Waals surface area contributed by atoms with E-state index in [4.69, 9.17) is 10.5 Å². The number of nitrogens with zero attached hydrogens (tertiary/aromatic N) is 2. The number of fused-ring (bicyclic) bond motifs is 1. The van der Waals surface area contributed by atoms with Crippen LogP contribution in [0.4, 0.5) is 0 Å². The fourth-order valence-corrected chi connectivity index (χ4v) is 3.22. The summed E-state index contributed by atoms with van der Waals surface area (Å²) in [5.41, 5.74) is 7.65. The summed E-state index contributed by atoms with van der Waals surface area (Å²) in [5.74, 6) is 1.54. The van der Waals surface area contributed by atoms with Crippen LogP contribution in [0.15, 0.2) is 59.5 Å². The number of aliphatic hydroxyl groups is 1. The SMILES string of the molecule is CCc1nc2cc(C(O)/C=C/N)ccc2c(=O)n1CCc1ccc(OC)cc1. The summed E-state index contributed by atoms with van der Waals surface area (Å²) < 4.78 is 6.92. The monoisotopic (exact) mass is 379 g/mol. The van der Waals surface area contributed by atoms with Crippen molar-refractivity contribution < 1.29 is 9.84 Å². The van der Waals surface area contributed by atoms with Gasteiger partial charge in [0.25, 0.3) is 5.56 Å². The van der Waals surface area contributed by atoms with Gasteiger partial charge in [-0.1, -0.05) is 25.1 Å². The van der Waals surface area contributed by atoms with Gasteiger partial charge in [-0.25, -0.2) is 4.98 Å². The lowest BCUT2D eigenvalue weighted by molar-refractivity contribution is 0.228. The van der Waals surface area contributed by atoms with Gasteiger partial charge in [0, 0.05) is 13.0 Å². The van der Waals surface area contributed by atoms with Crippen molar-refractivity contribution in [2.75, 3.05) is 7.11 Å². The summed E-state index contributed by atoms with van der Waals surface area (Å²) in [6, 6.07) is 13.0. The number of methoxy groups -OCH3 is 1. The molecule has 6 nitrogen and oxygen atoms in total. The zero-order chi connectivity index (χ0) is 20.1. The molecule has 0 aliphatic carbocycles. The third-order valence-electron chi connectivity index (χ3n) is 4.79. The first-order chi connectivity index (χ1) is 13.6. The number of aromatic nitrogens is 2. The van der Waals surface area contributed by atoms with Crippen molar-refractivity contribution in [1.82, 2.24) is 9.55 Å². The first-order valence-corrected chi connectivity index (χ1v) is 9.30. The van der Waals surface area contributed by atoms with Gasteiger partial charge < -0.3 is 15.6 Å². The number of aliphatic hydroxyl groups excluding tert-OH is 1. The van der Waals surface area contributed by atoms with Crippen molar-refractivity contribution in [1.29, 1.82) is 0 Å². The van der Waals surface area contributed by atoms with Crippen LogP contribution in [0, 0.1) is 0 Å². The standard InChI is InChI=1S/C22H25N3O3/c1-3-21-24-19-14-16(20(26)10-12-23)6-9-18(19)22(27)25(21)13-11-15-4-7-17(28-2)8-5-15/h4-10,12,14,20,26H,3,11,13,23H2,1-2H3/b12-10+. The molecule has 0 amide bonds. The number of ether oxygens (including phenoxy) is 1. The Morgan fingerprint density at radius 1 is 1.25 bits per heavy atom. The van der Waals surface area contributed by atoms with E-state index >= 15 is 0 Å². The van der Waals surface area contributed by atoms with E-state index in [9.17, 15) is 9.90 Å². The van der Waals surface area contributed by atoms with Crippen LogP contribution in [-0.2, 0) is 19.4 Å². The molecule has 0 fully saturated rings. The molecule has 1 aromatic heterocycles. The molecule has 146 valence electrons. The second kappa shape index (κ2) is 8.71. The zero-order valence-electron chi connectivity index (χ0n) is 16.1. The molecule has 0 aliphatic heterocycles. The average molecular weight is 379 g/mol. The number of benzene rings is 2. The minimum absolute atomic E-state index is 0.0641. The third-order valence-corrected chi connectivity index (χ3v) is 4.79. The van der Waals surface area contributed by atoms with E-state index < -0.39 is 6.10 Å². The molecule has 3 rings (SSSR count). The normalized spacial score (nSPS) is 12.5. The molecule has 3 aromatic rings. The molecule has 2 aromatic carbocycles. The van der Waals surface area contributed by atoms with Crippen molar-refractivity contribution in [2.24, 2.45) is 5.73 Å². The van der Waals surface area contributed by atoms with Gasteiger partial charge in [0.1, 0.15) is 11.6 Å². The summed E-state index contributed by atoms with van der Waals surface area (Å²) >= 11 is 0. The van der Waals surface area contributed by atoms with Crippen molar-refractivity contribution >= 4 is 10.9 Å². The van der Waals surface area contributed by atoms with Gasteiger partial charge in [0.15, 0.2) is 0 Å². The highest BCUT2D eigenvalue weighted by molar-refractivity contribution is 5.78. The first-order valence-electron chi connectivity index (χ1n) is 9.30. The number of rotatable bonds is 7. The summed E-state index contributed by atoms with van der Waals surface area (Å²) in [4.78, 5) is 17.7. The number of aryl methyl sites for hydroxylation is 2. The maximum Gasteiger partial charge on any atom is 0.261 e. The van der Waals surface area contributed by atoms with E-state index in [1.165, 1.54) is 12.3 Å². The average Bonchev–Trinajstić information content (AvgIpc) is 2.73. The van der Waals surface area contributed by atoms with E-state index in [0.717, 1.165) is 23.6 Å². The van der Waals surface area contributed by atoms with Crippen LogP contribution in [0.2, 0.25) is 0 Å². The largest absolute Gasteiger partial charge is 0.497 e. The molecule has 3 N–H and O–H groups in total. The van der Waals surface area contributed by atoms with Gasteiger partial charge in [0.05, 0.1) is 24.1 Å². The number of nitrogens with two attached hydrogens (primary N) is 1. The van der Waals surface area contributed by atoms with Gasteiger partial charge in [-0.3, -0.25) is 9.36 Å². The maximum atomic E-state index is 13.0. The third kappa shape index (κ3) is 4.07. The topological polar surface area (TPSA) is 90.4 Å². The number of hydrogen-bond donors (Lipinski definition) is 2. The molecule has 0 radical (unpaired) electrons. The fraction of sp³-hybridized carbons (Fsp3) is 0.273. The van der Waals surface area contributed by atoms with Gasteiger partial charge in [-0.2, -0.15) is 0 Å². The molecule has 1 heterocycles.